The normalized spacial score (nSPS) is 19.7. The zero-order valence-corrected chi connectivity index (χ0v) is 14.2. The van der Waals surface area contributed by atoms with Crippen molar-refractivity contribution in [1.29, 1.82) is 0 Å². The lowest BCUT2D eigenvalue weighted by atomic mass is 9.72. The summed E-state index contributed by atoms with van der Waals surface area (Å²) in [4.78, 5) is 2.43. The molecule has 0 bridgehead atoms. The zero-order valence-electron chi connectivity index (χ0n) is 13.4. The fraction of sp³-hybridized carbons (Fsp3) is 0.667. The van der Waals surface area contributed by atoms with Crippen LogP contribution in [0, 0.1) is 5.41 Å². The van der Waals surface area contributed by atoms with Gasteiger partial charge in [-0.2, -0.15) is 0 Å². The van der Waals surface area contributed by atoms with E-state index in [1.54, 1.807) is 0 Å². The summed E-state index contributed by atoms with van der Waals surface area (Å²) in [5, 5.41) is 0.818. The Morgan fingerprint density at radius 3 is 2.62 bits per heavy atom. The highest BCUT2D eigenvalue weighted by atomic mass is 35.5. The lowest BCUT2D eigenvalue weighted by molar-refractivity contribution is 0.143. The van der Waals surface area contributed by atoms with Gasteiger partial charge in [0.15, 0.2) is 0 Å². The molecule has 1 unspecified atom stereocenters. The average molecular weight is 309 g/mol. The topological polar surface area (TPSA) is 29.3 Å². The fourth-order valence-electron chi connectivity index (χ4n) is 3.49. The highest BCUT2D eigenvalue weighted by Crippen LogP contribution is 2.38. The van der Waals surface area contributed by atoms with Crippen LogP contribution in [-0.4, -0.2) is 25.0 Å². The largest absolute Gasteiger partial charge is 0.330 e. The van der Waals surface area contributed by atoms with E-state index < -0.39 is 0 Å². The predicted octanol–water partition coefficient (Wildman–Crippen LogP) is 4.63. The maximum Gasteiger partial charge on any atom is 0.0409 e. The van der Waals surface area contributed by atoms with E-state index in [9.17, 15) is 0 Å². The van der Waals surface area contributed by atoms with Crippen molar-refractivity contribution in [3.63, 3.8) is 0 Å². The predicted molar refractivity (Wildman–Crippen MR) is 91.7 cm³/mol. The maximum absolute atomic E-state index is 6.10. The van der Waals surface area contributed by atoms with Crippen LogP contribution in [0.5, 0.6) is 0 Å². The summed E-state index contributed by atoms with van der Waals surface area (Å²) in [5.41, 5.74) is 7.77. The first kappa shape index (κ1) is 16.8. The molecule has 1 aliphatic rings. The molecule has 2 N–H and O–H groups in total. The first-order chi connectivity index (χ1) is 10.1. The Labute approximate surface area is 134 Å². The van der Waals surface area contributed by atoms with Crippen molar-refractivity contribution in [3.05, 3.63) is 34.9 Å². The van der Waals surface area contributed by atoms with Crippen LogP contribution >= 0.6 is 11.6 Å². The number of halogens is 1. The molecule has 0 saturated heterocycles. The summed E-state index contributed by atoms with van der Waals surface area (Å²) >= 11 is 6.10. The van der Waals surface area contributed by atoms with Crippen LogP contribution in [0.2, 0.25) is 5.02 Å². The SMILES string of the molecule is CC(c1cccc(Cl)c1)N(C)CCC1(CN)CCCCC1. The van der Waals surface area contributed by atoms with Crippen molar-refractivity contribution >= 4 is 11.6 Å². The minimum Gasteiger partial charge on any atom is -0.330 e. The number of nitrogens with zero attached hydrogens (tertiary/aromatic N) is 1. The third-order valence-corrected chi connectivity index (χ3v) is 5.57. The quantitative estimate of drug-likeness (QED) is 0.830. The van der Waals surface area contributed by atoms with E-state index in [-0.39, 0.29) is 0 Å². The Kier molecular flexibility index (Phi) is 6.09. The van der Waals surface area contributed by atoms with Crippen LogP contribution in [0.4, 0.5) is 0 Å². The molecule has 2 rings (SSSR count). The van der Waals surface area contributed by atoms with Crippen molar-refractivity contribution in [2.24, 2.45) is 11.1 Å². The Morgan fingerprint density at radius 1 is 1.29 bits per heavy atom. The van der Waals surface area contributed by atoms with Crippen molar-refractivity contribution in [2.45, 2.75) is 51.5 Å². The van der Waals surface area contributed by atoms with Gasteiger partial charge in [0.05, 0.1) is 0 Å². The molecule has 1 aliphatic carbocycles. The highest BCUT2D eigenvalue weighted by Gasteiger charge is 2.30. The molecular weight excluding hydrogens is 280 g/mol. The first-order valence-electron chi connectivity index (χ1n) is 8.22. The molecule has 2 nitrogen and oxygen atoms in total. The lowest BCUT2D eigenvalue weighted by Gasteiger charge is -2.38. The van der Waals surface area contributed by atoms with E-state index in [0.717, 1.165) is 18.1 Å². The van der Waals surface area contributed by atoms with E-state index in [1.165, 1.54) is 44.1 Å². The number of hydrogen-bond acceptors (Lipinski definition) is 2. The smallest absolute Gasteiger partial charge is 0.0409 e. The molecule has 3 heteroatoms. The monoisotopic (exact) mass is 308 g/mol. The highest BCUT2D eigenvalue weighted by molar-refractivity contribution is 6.30. The van der Waals surface area contributed by atoms with Gasteiger partial charge in [0.25, 0.3) is 0 Å². The summed E-state index contributed by atoms with van der Waals surface area (Å²) in [6.45, 7) is 4.19. The molecule has 1 saturated carbocycles. The molecule has 0 radical (unpaired) electrons. The van der Waals surface area contributed by atoms with Crippen LogP contribution < -0.4 is 5.73 Å². The van der Waals surface area contributed by atoms with E-state index in [4.69, 9.17) is 17.3 Å². The third kappa shape index (κ3) is 4.45. The van der Waals surface area contributed by atoms with Gasteiger partial charge in [-0.15, -0.1) is 0 Å². The van der Waals surface area contributed by atoms with E-state index in [2.05, 4.69) is 31.0 Å². The van der Waals surface area contributed by atoms with Crippen molar-refractivity contribution in [1.82, 2.24) is 4.90 Å². The molecule has 0 spiro atoms. The van der Waals surface area contributed by atoms with Gasteiger partial charge in [0, 0.05) is 11.1 Å². The Bertz CT molecular complexity index is 441. The minimum absolute atomic E-state index is 0.389. The standard InChI is InChI=1S/C18H29ClN2/c1-15(16-7-6-8-17(19)13-16)21(2)12-11-18(14-20)9-4-3-5-10-18/h6-8,13,15H,3-5,9-12,14,20H2,1-2H3. The summed E-state index contributed by atoms with van der Waals surface area (Å²) in [5.74, 6) is 0. The van der Waals surface area contributed by atoms with Gasteiger partial charge in [0.2, 0.25) is 0 Å². The molecular formula is C18H29ClN2. The maximum atomic E-state index is 6.10. The number of nitrogens with two attached hydrogens (primary N) is 1. The molecule has 1 fully saturated rings. The van der Waals surface area contributed by atoms with Gasteiger partial charge >= 0.3 is 0 Å². The average Bonchev–Trinajstić information content (AvgIpc) is 2.53. The summed E-state index contributed by atoms with van der Waals surface area (Å²) < 4.78 is 0. The van der Waals surface area contributed by atoms with Crippen molar-refractivity contribution in [2.75, 3.05) is 20.1 Å². The van der Waals surface area contributed by atoms with Crippen LogP contribution in [0.25, 0.3) is 0 Å². The molecule has 118 valence electrons. The van der Waals surface area contributed by atoms with Crippen molar-refractivity contribution in [3.8, 4) is 0 Å². The summed E-state index contributed by atoms with van der Waals surface area (Å²) in [6.07, 6.45) is 7.92. The van der Waals surface area contributed by atoms with Crippen LogP contribution in [0.15, 0.2) is 24.3 Å². The number of rotatable bonds is 6. The molecule has 0 aromatic heterocycles. The van der Waals surface area contributed by atoms with E-state index in [0.29, 0.717) is 11.5 Å². The zero-order chi connectivity index (χ0) is 15.3. The molecule has 1 aromatic carbocycles. The molecule has 0 aliphatic heterocycles. The third-order valence-electron chi connectivity index (χ3n) is 5.33. The second-order valence-electron chi connectivity index (χ2n) is 6.73. The second-order valence-corrected chi connectivity index (χ2v) is 7.16. The lowest BCUT2D eigenvalue weighted by Crippen LogP contribution is -2.36. The van der Waals surface area contributed by atoms with Crippen LogP contribution in [0.3, 0.4) is 0 Å². The summed E-state index contributed by atoms with van der Waals surface area (Å²) in [6, 6.07) is 8.59. The first-order valence-corrected chi connectivity index (χ1v) is 8.60. The molecule has 0 heterocycles. The van der Waals surface area contributed by atoms with Crippen LogP contribution in [0.1, 0.15) is 57.1 Å². The van der Waals surface area contributed by atoms with Gasteiger partial charge < -0.3 is 5.73 Å². The summed E-state index contributed by atoms with van der Waals surface area (Å²) in [7, 11) is 2.21. The number of hydrogen-bond donors (Lipinski definition) is 1. The molecule has 1 atom stereocenters. The van der Waals surface area contributed by atoms with Crippen molar-refractivity contribution < 1.29 is 0 Å². The van der Waals surface area contributed by atoms with Gasteiger partial charge in [-0.1, -0.05) is 43.0 Å². The number of benzene rings is 1. The van der Waals surface area contributed by atoms with Gasteiger partial charge in [-0.25, -0.2) is 0 Å². The second kappa shape index (κ2) is 7.62. The van der Waals surface area contributed by atoms with E-state index >= 15 is 0 Å². The molecule has 0 amide bonds. The molecule has 1 aromatic rings. The molecule has 21 heavy (non-hydrogen) atoms. The van der Waals surface area contributed by atoms with E-state index in [1.807, 2.05) is 12.1 Å². The van der Waals surface area contributed by atoms with Gasteiger partial charge in [-0.3, -0.25) is 4.90 Å². The minimum atomic E-state index is 0.389. The Morgan fingerprint density at radius 2 is 2.00 bits per heavy atom. The van der Waals surface area contributed by atoms with Gasteiger partial charge in [0.1, 0.15) is 0 Å². The fourth-order valence-corrected chi connectivity index (χ4v) is 3.68. The Hall–Kier alpha value is -0.570. The van der Waals surface area contributed by atoms with Crippen LogP contribution in [-0.2, 0) is 0 Å². The Balaban J connectivity index is 1.92. The van der Waals surface area contributed by atoms with Gasteiger partial charge in [-0.05, 0) is 69.4 Å².